The molecule has 0 bridgehead atoms. The fourth-order valence-electron chi connectivity index (χ4n) is 2.91. The molecule has 1 heterocycles. The van der Waals surface area contributed by atoms with E-state index in [1.807, 2.05) is 30.3 Å². The lowest BCUT2D eigenvalue weighted by molar-refractivity contribution is -0.116. The molecule has 3 aromatic rings. The third kappa shape index (κ3) is 7.67. The number of aromatic nitrogens is 2. The van der Waals surface area contributed by atoms with Crippen LogP contribution in [0.25, 0.3) is 0 Å². The van der Waals surface area contributed by atoms with Crippen LogP contribution >= 0.6 is 24.0 Å². The summed E-state index contributed by atoms with van der Waals surface area (Å²) in [5.74, 6) is 0.277. The average molecular weight is 536 g/mol. The highest BCUT2D eigenvalue weighted by Gasteiger charge is 2.05. The van der Waals surface area contributed by atoms with Crippen molar-refractivity contribution in [2.24, 2.45) is 4.99 Å². The Morgan fingerprint density at radius 3 is 2.48 bits per heavy atom. The van der Waals surface area contributed by atoms with Crippen molar-refractivity contribution in [2.45, 2.75) is 26.6 Å². The number of nitrogens with one attached hydrogen (secondary N) is 3. The molecular weight excluding hydrogens is 510 g/mol. The molecule has 1 aromatic heterocycles. The van der Waals surface area contributed by atoms with E-state index in [-0.39, 0.29) is 42.2 Å². The molecule has 31 heavy (non-hydrogen) atoms. The van der Waals surface area contributed by atoms with Crippen LogP contribution in [-0.4, -0.2) is 28.7 Å². The fourth-order valence-corrected chi connectivity index (χ4v) is 2.91. The minimum Gasteiger partial charge on any atom is -0.352 e. The number of aryl methyl sites for hydroxylation is 1. The quantitative estimate of drug-likeness (QED) is 0.246. The van der Waals surface area contributed by atoms with Gasteiger partial charge in [-0.3, -0.25) is 14.5 Å². The summed E-state index contributed by atoms with van der Waals surface area (Å²) in [7, 11) is 1.69. The van der Waals surface area contributed by atoms with Gasteiger partial charge in [0.2, 0.25) is 5.91 Å². The van der Waals surface area contributed by atoms with E-state index >= 15 is 0 Å². The van der Waals surface area contributed by atoms with Gasteiger partial charge in [0.05, 0.1) is 0 Å². The third-order valence-electron chi connectivity index (χ3n) is 4.44. The monoisotopic (exact) mass is 536 g/mol. The van der Waals surface area contributed by atoms with Gasteiger partial charge in [0.1, 0.15) is 12.4 Å². The smallest absolute Gasteiger partial charge is 0.246 e. The maximum atomic E-state index is 13.4. The molecule has 9 heteroatoms. The predicted molar refractivity (Wildman–Crippen MR) is 131 cm³/mol. The zero-order valence-corrected chi connectivity index (χ0v) is 19.8. The molecule has 0 fully saturated rings. The van der Waals surface area contributed by atoms with Crippen LogP contribution in [-0.2, 0) is 24.4 Å². The number of rotatable bonds is 7. The van der Waals surface area contributed by atoms with Gasteiger partial charge < -0.3 is 16.0 Å². The number of hydrogen-bond acceptors (Lipinski definition) is 3. The number of amides is 1. The Labute approximate surface area is 198 Å². The number of carbonyl (C=O) groups excluding carboxylic acids is 1. The summed E-state index contributed by atoms with van der Waals surface area (Å²) in [4.78, 5) is 16.3. The molecule has 7 nitrogen and oxygen atoms in total. The van der Waals surface area contributed by atoms with E-state index in [0.29, 0.717) is 24.6 Å². The lowest BCUT2D eigenvalue weighted by atomic mass is 10.1. The number of aliphatic imine (C=N–C) groups is 1. The summed E-state index contributed by atoms with van der Waals surface area (Å²) < 4.78 is 15.0. The molecule has 3 rings (SSSR count). The summed E-state index contributed by atoms with van der Waals surface area (Å²) in [6.45, 7) is 2.97. The van der Waals surface area contributed by atoms with Crippen LogP contribution in [0.1, 0.15) is 16.7 Å². The van der Waals surface area contributed by atoms with Crippen molar-refractivity contribution >= 4 is 41.5 Å². The van der Waals surface area contributed by atoms with Crippen LogP contribution in [0, 0.1) is 12.7 Å². The van der Waals surface area contributed by atoms with Crippen LogP contribution in [0.3, 0.4) is 0 Å². The van der Waals surface area contributed by atoms with Gasteiger partial charge in [0, 0.05) is 38.2 Å². The maximum absolute atomic E-state index is 13.4. The van der Waals surface area contributed by atoms with Crippen molar-refractivity contribution in [1.29, 1.82) is 0 Å². The highest BCUT2D eigenvalue weighted by molar-refractivity contribution is 14.0. The van der Waals surface area contributed by atoms with Crippen molar-refractivity contribution < 1.29 is 9.18 Å². The topological polar surface area (TPSA) is 83.3 Å². The van der Waals surface area contributed by atoms with Gasteiger partial charge in [-0.05, 0) is 47.9 Å². The molecule has 3 N–H and O–H groups in total. The van der Waals surface area contributed by atoms with E-state index in [0.717, 1.165) is 16.8 Å². The van der Waals surface area contributed by atoms with E-state index < -0.39 is 0 Å². The first kappa shape index (κ1) is 24.3. The molecule has 0 unspecified atom stereocenters. The van der Waals surface area contributed by atoms with Gasteiger partial charge in [-0.25, -0.2) is 4.39 Å². The summed E-state index contributed by atoms with van der Waals surface area (Å²) >= 11 is 0. The number of carbonyl (C=O) groups is 1. The molecule has 0 radical (unpaired) electrons. The second-order valence-electron chi connectivity index (χ2n) is 6.82. The predicted octanol–water partition coefficient (Wildman–Crippen LogP) is 3.45. The Morgan fingerprint density at radius 2 is 1.84 bits per heavy atom. The van der Waals surface area contributed by atoms with Crippen molar-refractivity contribution in [3.63, 3.8) is 0 Å². The van der Waals surface area contributed by atoms with E-state index in [1.54, 1.807) is 43.2 Å². The third-order valence-corrected chi connectivity index (χ3v) is 4.44. The molecule has 2 aromatic carbocycles. The van der Waals surface area contributed by atoms with E-state index in [2.05, 4.69) is 26.0 Å². The summed E-state index contributed by atoms with van der Waals surface area (Å²) in [6, 6.07) is 14.4. The number of benzene rings is 2. The summed E-state index contributed by atoms with van der Waals surface area (Å²) in [5.41, 5.74) is 3.30. The van der Waals surface area contributed by atoms with Crippen LogP contribution in [0.5, 0.6) is 0 Å². The minimum atomic E-state index is -0.210. The molecule has 0 spiro atoms. The lowest BCUT2D eigenvalue weighted by Crippen LogP contribution is -2.36. The number of halogens is 2. The molecule has 164 valence electrons. The Balaban J connectivity index is 0.00000341. The second-order valence-corrected chi connectivity index (χ2v) is 6.82. The molecular formula is C22H26FIN6O. The molecule has 0 saturated heterocycles. The van der Waals surface area contributed by atoms with Crippen LogP contribution in [0.4, 0.5) is 10.1 Å². The highest BCUT2D eigenvalue weighted by Crippen LogP contribution is 2.11. The summed E-state index contributed by atoms with van der Waals surface area (Å²) in [5, 5.41) is 13.4. The van der Waals surface area contributed by atoms with Gasteiger partial charge in [0.15, 0.2) is 5.96 Å². The Kier molecular flexibility index (Phi) is 9.44. The Morgan fingerprint density at radius 1 is 1.10 bits per heavy atom. The van der Waals surface area contributed by atoms with Crippen molar-refractivity contribution in [1.82, 2.24) is 20.4 Å². The molecule has 0 aliphatic heterocycles. The molecule has 0 atom stereocenters. The van der Waals surface area contributed by atoms with Crippen LogP contribution in [0.2, 0.25) is 0 Å². The molecule has 0 saturated carbocycles. The largest absolute Gasteiger partial charge is 0.352 e. The van der Waals surface area contributed by atoms with E-state index in [9.17, 15) is 9.18 Å². The first-order chi connectivity index (χ1) is 14.5. The lowest BCUT2D eigenvalue weighted by Gasteiger charge is -2.13. The number of guanidine groups is 1. The van der Waals surface area contributed by atoms with Gasteiger partial charge >= 0.3 is 0 Å². The molecule has 0 aliphatic carbocycles. The second kappa shape index (κ2) is 12.0. The zero-order valence-electron chi connectivity index (χ0n) is 17.4. The van der Waals surface area contributed by atoms with Crippen molar-refractivity contribution in [3.8, 4) is 0 Å². The average Bonchev–Trinajstić information content (AvgIpc) is 3.24. The van der Waals surface area contributed by atoms with Crippen molar-refractivity contribution in [3.05, 3.63) is 83.4 Å². The van der Waals surface area contributed by atoms with Gasteiger partial charge in [0.25, 0.3) is 0 Å². The Bertz CT molecular complexity index is 1020. The normalized spacial score (nSPS) is 10.9. The fraction of sp³-hybridized carbons (Fsp3) is 0.227. The number of hydrogen-bond donors (Lipinski definition) is 3. The van der Waals surface area contributed by atoms with Gasteiger partial charge in [-0.15, -0.1) is 24.0 Å². The van der Waals surface area contributed by atoms with Gasteiger partial charge in [-0.1, -0.05) is 24.3 Å². The zero-order chi connectivity index (χ0) is 21.3. The van der Waals surface area contributed by atoms with E-state index in [1.165, 1.54) is 6.07 Å². The Hall–Kier alpha value is -2.95. The molecule has 0 aliphatic rings. The number of anilines is 1. The SMILES string of the molecule is CN=C(NCc1cccc(NC(=O)Cn2cccn2)c1)NCc1ccc(F)c(C)c1.I. The standard InChI is InChI=1S/C22H25FN6O.HI/c1-16-11-18(7-8-20(16)23)14-26-22(24-2)25-13-17-5-3-6-19(12-17)28-21(30)15-29-10-4-9-27-29;/h3-12H,13-15H2,1-2H3,(H,28,30)(H2,24,25,26);1H. The number of nitrogens with zero attached hydrogens (tertiary/aromatic N) is 3. The summed E-state index contributed by atoms with van der Waals surface area (Å²) in [6.07, 6.45) is 3.38. The highest BCUT2D eigenvalue weighted by atomic mass is 127. The molecule has 1 amide bonds. The maximum Gasteiger partial charge on any atom is 0.246 e. The van der Waals surface area contributed by atoms with Crippen LogP contribution in [0.15, 0.2) is 65.9 Å². The minimum absolute atomic E-state index is 0. The van der Waals surface area contributed by atoms with E-state index in [4.69, 9.17) is 0 Å². The first-order valence-electron chi connectivity index (χ1n) is 9.59. The van der Waals surface area contributed by atoms with Crippen LogP contribution < -0.4 is 16.0 Å². The first-order valence-corrected chi connectivity index (χ1v) is 9.59. The van der Waals surface area contributed by atoms with Crippen molar-refractivity contribution in [2.75, 3.05) is 12.4 Å². The van der Waals surface area contributed by atoms with Gasteiger partial charge in [-0.2, -0.15) is 5.10 Å².